The first kappa shape index (κ1) is 18.3. The van der Waals surface area contributed by atoms with Crippen LogP contribution in [0.1, 0.15) is 29.4 Å². The highest BCUT2D eigenvalue weighted by molar-refractivity contribution is 6.30. The summed E-state index contributed by atoms with van der Waals surface area (Å²) in [5, 5.41) is 7.27. The maximum Gasteiger partial charge on any atom is 0.277 e. The lowest BCUT2D eigenvalue weighted by molar-refractivity contribution is -0.116. The zero-order chi connectivity index (χ0) is 19.7. The minimum Gasteiger partial charge on any atom is -0.355 e. The molecule has 2 amide bonds. The molecule has 1 aromatic heterocycles. The monoisotopic (exact) mass is 395 g/mol. The van der Waals surface area contributed by atoms with Crippen molar-refractivity contribution in [3.8, 4) is 11.3 Å². The third-order valence-electron chi connectivity index (χ3n) is 4.69. The fourth-order valence-electron chi connectivity index (χ4n) is 3.36. The topological polar surface area (TPSA) is 75.4 Å². The Hall–Kier alpha value is -3.12. The Labute approximate surface area is 167 Å². The van der Waals surface area contributed by atoms with Crippen LogP contribution in [-0.4, -0.2) is 23.5 Å². The van der Waals surface area contributed by atoms with Gasteiger partial charge in [-0.15, -0.1) is 0 Å². The van der Waals surface area contributed by atoms with E-state index in [1.54, 1.807) is 42.2 Å². The molecule has 0 saturated carbocycles. The molecule has 6 nitrogen and oxygen atoms in total. The van der Waals surface area contributed by atoms with Crippen molar-refractivity contribution in [2.24, 2.45) is 0 Å². The SMILES string of the molecule is CC(=O)N1CCCc2cc(NC(=O)c3cc(-c4cccc(Cl)c4)on3)ccc21. The number of amides is 2. The Morgan fingerprint density at radius 1 is 1.18 bits per heavy atom. The number of anilines is 2. The second-order valence-electron chi connectivity index (χ2n) is 6.66. The van der Waals surface area contributed by atoms with Gasteiger partial charge in [-0.3, -0.25) is 9.59 Å². The summed E-state index contributed by atoms with van der Waals surface area (Å²) in [4.78, 5) is 26.1. The standard InChI is InChI=1S/C21H18ClN3O3/c1-13(26)25-9-3-5-14-11-17(7-8-19(14)25)23-21(27)18-12-20(28-24-18)15-4-2-6-16(22)10-15/h2,4,6-8,10-12H,3,5,9H2,1H3,(H,23,27). The van der Waals surface area contributed by atoms with E-state index in [4.69, 9.17) is 16.1 Å². The third kappa shape index (κ3) is 3.64. The van der Waals surface area contributed by atoms with Gasteiger partial charge < -0.3 is 14.7 Å². The van der Waals surface area contributed by atoms with E-state index in [9.17, 15) is 9.59 Å². The lowest BCUT2D eigenvalue weighted by Crippen LogP contribution is -2.33. The molecule has 0 saturated heterocycles. The van der Waals surface area contributed by atoms with E-state index in [-0.39, 0.29) is 17.5 Å². The number of nitrogens with one attached hydrogen (secondary N) is 1. The Morgan fingerprint density at radius 2 is 2.04 bits per heavy atom. The fraction of sp³-hybridized carbons (Fsp3) is 0.190. The van der Waals surface area contributed by atoms with E-state index in [1.165, 1.54) is 0 Å². The summed E-state index contributed by atoms with van der Waals surface area (Å²) < 4.78 is 5.28. The van der Waals surface area contributed by atoms with Gasteiger partial charge in [0.15, 0.2) is 11.5 Å². The summed E-state index contributed by atoms with van der Waals surface area (Å²) in [6.07, 6.45) is 1.77. The van der Waals surface area contributed by atoms with Crippen LogP contribution in [0.5, 0.6) is 0 Å². The highest BCUT2D eigenvalue weighted by Gasteiger charge is 2.21. The molecule has 0 aliphatic carbocycles. The van der Waals surface area contributed by atoms with Crippen molar-refractivity contribution >= 4 is 34.8 Å². The average molecular weight is 396 g/mol. The van der Waals surface area contributed by atoms with Gasteiger partial charge in [-0.25, -0.2) is 0 Å². The van der Waals surface area contributed by atoms with Crippen molar-refractivity contribution in [1.82, 2.24) is 5.16 Å². The smallest absolute Gasteiger partial charge is 0.277 e. The summed E-state index contributed by atoms with van der Waals surface area (Å²) in [6.45, 7) is 2.28. The Bertz CT molecular complexity index is 1060. The quantitative estimate of drug-likeness (QED) is 0.706. The van der Waals surface area contributed by atoms with E-state index < -0.39 is 0 Å². The third-order valence-corrected chi connectivity index (χ3v) is 4.92. The molecule has 3 aromatic rings. The first-order chi connectivity index (χ1) is 13.5. The van der Waals surface area contributed by atoms with E-state index >= 15 is 0 Å². The molecule has 1 aliphatic rings. The number of carbonyl (C=O) groups excluding carboxylic acids is 2. The minimum atomic E-state index is -0.365. The predicted molar refractivity (Wildman–Crippen MR) is 108 cm³/mol. The summed E-state index contributed by atoms with van der Waals surface area (Å²) in [5.41, 5.74) is 3.53. The molecule has 2 heterocycles. The molecular formula is C21H18ClN3O3. The van der Waals surface area contributed by atoms with Crippen LogP contribution >= 0.6 is 11.6 Å². The largest absolute Gasteiger partial charge is 0.355 e. The van der Waals surface area contributed by atoms with Gasteiger partial charge in [-0.2, -0.15) is 0 Å². The molecular weight excluding hydrogens is 378 g/mol. The highest BCUT2D eigenvalue weighted by Crippen LogP contribution is 2.30. The van der Waals surface area contributed by atoms with Gasteiger partial charge in [0.2, 0.25) is 5.91 Å². The number of aromatic nitrogens is 1. The zero-order valence-corrected chi connectivity index (χ0v) is 16.0. The number of rotatable bonds is 3. The molecule has 0 bridgehead atoms. The Balaban J connectivity index is 1.52. The predicted octanol–water partition coefficient (Wildman–Crippen LogP) is 4.55. The van der Waals surface area contributed by atoms with E-state index in [2.05, 4.69) is 10.5 Å². The van der Waals surface area contributed by atoms with Gasteiger partial charge in [0.1, 0.15) is 0 Å². The van der Waals surface area contributed by atoms with Gasteiger partial charge in [-0.1, -0.05) is 28.9 Å². The maximum absolute atomic E-state index is 12.5. The fourth-order valence-corrected chi connectivity index (χ4v) is 3.55. The summed E-state index contributed by atoms with van der Waals surface area (Å²) in [5.74, 6) is 0.125. The molecule has 142 valence electrons. The molecule has 0 spiro atoms. The highest BCUT2D eigenvalue weighted by atomic mass is 35.5. The lowest BCUT2D eigenvalue weighted by Gasteiger charge is -2.28. The lowest BCUT2D eigenvalue weighted by atomic mass is 10.0. The number of nitrogens with zero attached hydrogens (tertiary/aromatic N) is 2. The summed E-state index contributed by atoms with van der Waals surface area (Å²) in [6, 6.07) is 14.3. The Kier molecular flexibility index (Phi) is 4.88. The number of halogens is 1. The van der Waals surface area contributed by atoms with Gasteiger partial charge in [0.05, 0.1) is 0 Å². The van der Waals surface area contributed by atoms with Gasteiger partial charge in [-0.05, 0) is 48.7 Å². The minimum absolute atomic E-state index is 0.0221. The molecule has 2 aromatic carbocycles. The maximum atomic E-state index is 12.5. The molecule has 0 unspecified atom stereocenters. The van der Waals surface area contributed by atoms with Gasteiger partial charge in [0, 0.05) is 41.5 Å². The molecule has 28 heavy (non-hydrogen) atoms. The van der Waals surface area contributed by atoms with Crippen LogP contribution in [0.25, 0.3) is 11.3 Å². The molecule has 4 rings (SSSR count). The van der Waals surface area contributed by atoms with Crippen molar-refractivity contribution in [2.45, 2.75) is 19.8 Å². The van der Waals surface area contributed by atoms with Crippen LogP contribution in [-0.2, 0) is 11.2 Å². The molecule has 0 fully saturated rings. The molecule has 0 atom stereocenters. The zero-order valence-electron chi connectivity index (χ0n) is 15.2. The number of fused-ring (bicyclic) bond motifs is 1. The average Bonchev–Trinajstić information content (AvgIpc) is 3.17. The van der Waals surface area contributed by atoms with Crippen LogP contribution in [0, 0.1) is 0 Å². The van der Waals surface area contributed by atoms with Crippen LogP contribution in [0.3, 0.4) is 0 Å². The molecule has 0 radical (unpaired) electrons. The second kappa shape index (κ2) is 7.48. The van der Waals surface area contributed by atoms with Gasteiger partial charge in [0.25, 0.3) is 5.91 Å². The van der Waals surface area contributed by atoms with E-state index in [0.717, 1.165) is 36.2 Å². The van der Waals surface area contributed by atoms with Crippen LogP contribution < -0.4 is 10.2 Å². The van der Waals surface area contributed by atoms with Crippen molar-refractivity contribution in [3.63, 3.8) is 0 Å². The van der Waals surface area contributed by atoms with Crippen molar-refractivity contribution < 1.29 is 14.1 Å². The molecule has 7 heteroatoms. The van der Waals surface area contributed by atoms with E-state index in [0.29, 0.717) is 16.5 Å². The summed E-state index contributed by atoms with van der Waals surface area (Å²) >= 11 is 5.99. The van der Waals surface area contributed by atoms with Gasteiger partial charge >= 0.3 is 0 Å². The first-order valence-electron chi connectivity index (χ1n) is 8.96. The van der Waals surface area contributed by atoms with Crippen LogP contribution in [0.4, 0.5) is 11.4 Å². The first-order valence-corrected chi connectivity index (χ1v) is 9.34. The van der Waals surface area contributed by atoms with Crippen molar-refractivity contribution in [3.05, 3.63) is 64.8 Å². The molecule has 1 N–H and O–H groups in total. The Morgan fingerprint density at radius 3 is 2.82 bits per heavy atom. The number of carbonyl (C=O) groups is 2. The number of hydrogen-bond donors (Lipinski definition) is 1. The van der Waals surface area contributed by atoms with E-state index in [1.807, 2.05) is 18.2 Å². The van der Waals surface area contributed by atoms with Crippen LogP contribution in [0.2, 0.25) is 5.02 Å². The second-order valence-corrected chi connectivity index (χ2v) is 7.10. The normalized spacial score (nSPS) is 13.1. The number of hydrogen-bond acceptors (Lipinski definition) is 4. The van der Waals surface area contributed by atoms with Crippen LogP contribution in [0.15, 0.2) is 53.1 Å². The van der Waals surface area contributed by atoms with Crippen molar-refractivity contribution in [2.75, 3.05) is 16.8 Å². The number of aryl methyl sites for hydroxylation is 1. The molecule has 1 aliphatic heterocycles. The van der Waals surface area contributed by atoms with Crippen molar-refractivity contribution in [1.29, 1.82) is 0 Å². The number of benzene rings is 2. The summed E-state index contributed by atoms with van der Waals surface area (Å²) in [7, 11) is 0.